The minimum absolute atomic E-state index is 0.158. The fourth-order valence-electron chi connectivity index (χ4n) is 2.55. The van der Waals surface area contributed by atoms with Crippen LogP contribution in [0.25, 0.3) is 0 Å². The zero-order valence-electron chi connectivity index (χ0n) is 9.30. The van der Waals surface area contributed by atoms with Crippen molar-refractivity contribution in [1.29, 1.82) is 0 Å². The van der Waals surface area contributed by atoms with Gasteiger partial charge in [0.1, 0.15) is 0 Å². The number of hydrogen-bond donors (Lipinski definition) is 2. The first-order valence-corrected chi connectivity index (χ1v) is 5.56. The summed E-state index contributed by atoms with van der Waals surface area (Å²) >= 11 is 0. The predicted molar refractivity (Wildman–Crippen MR) is 56.1 cm³/mol. The molecular formula is C11H18N2O2. The number of carbonyl (C=O) groups is 2. The second kappa shape index (κ2) is 3.59. The Bertz CT molecular complexity index is 299. The molecular weight excluding hydrogens is 192 g/mol. The van der Waals surface area contributed by atoms with Gasteiger partial charge in [-0.25, -0.2) is 0 Å². The van der Waals surface area contributed by atoms with Crippen LogP contribution in [0.15, 0.2) is 0 Å². The Morgan fingerprint density at radius 1 is 1.40 bits per heavy atom. The molecule has 1 aliphatic heterocycles. The van der Waals surface area contributed by atoms with Gasteiger partial charge in [-0.3, -0.25) is 14.9 Å². The number of nitrogens with one attached hydrogen (secondary N) is 2. The van der Waals surface area contributed by atoms with Crippen molar-refractivity contribution in [3.63, 3.8) is 0 Å². The van der Waals surface area contributed by atoms with Crippen LogP contribution in [-0.2, 0) is 9.59 Å². The van der Waals surface area contributed by atoms with E-state index in [4.69, 9.17) is 0 Å². The van der Waals surface area contributed by atoms with Gasteiger partial charge in [-0.05, 0) is 24.7 Å². The van der Waals surface area contributed by atoms with E-state index >= 15 is 0 Å². The zero-order valence-corrected chi connectivity index (χ0v) is 9.30. The van der Waals surface area contributed by atoms with Gasteiger partial charge in [0.25, 0.3) is 0 Å². The second-order valence-electron chi connectivity index (χ2n) is 5.44. The summed E-state index contributed by atoms with van der Waals surface area (Å²) in [6.07, 6.45) is 3.68. The van der Waals surface area contributed by atoms with Crippen LogP contribution in [-0.4, -0.2) is 23.9 Å². The fraction of sp³-hybridized carbons (Fsp3) is 0.818. The molecule has 2 aliphatic rings. The summed E-state index contributed by atoms with van der Waals surface area (Å²) in [4.78, 5) is 22.3. The summed E-state index contributed by atoms with van der Waals surface area (Å²) in [5.41, 5.74) is 0.372. The molecule has 0 spiro atoms. The zero-order chi connectivity index (χ0) is 11.1. The van der Waals surface area contributed by atoms with Gasteiger partial charge < -0.3 is 5.32 Å². The normalized spacial score (nSPS) is 34.5. The molecule has 15 heavy (non-hydrogen) atoms. The highest BCUT2D eigenvalue weighted by atomic mass is 16.2. The Morgan fingerprint density at radius 2 is 2.13 bits per heavy atom. The SMILES string of the molecule is CC1(C)CCC(NC2CC(=O)NC2=O)C1. The molecule has 2 fully saturated rings. The summed E-state index contributed by atoms with van der Waals surface area (Å²) in [5.74, 6) is -0.320. The Labute approximate surface area is 89.8 Å². The number of carbonyl (C=O) groups excluding carboxylic acids is 2. The molecule has 0 aromatic heterocycles. The third-order valence-corrected chi connectivity index (χ3v) is 3.37. The number of hydrogen-bond acceptors (Lipinski definition) is 3. The average molecular weight is 210 g/mol. The second-order valence-corrected chi connectivity index (χ2v) is 5.44. The van der Waals surface area contributed by atoms with E-state index in [1.165, 1.54) is 6.42 Å². The molecule has 1 heterocycles. The van der Waals surface area contributed by atoms with E-state index in [2.05, 4.69) is 24.5 Å². The van der Waals surface area contributed by atoms with Crippen molar-refractivity contribution in [2.75, 3.05) is 0 Å². The lowest BCUT2D eigenvalue weighted by Crippen LogP contribution is -2.41. The molecule has 1 saturated heterocycles. The average Bonchev–Trinajstić information content (AvgIpc) is 2.57. The lowest BCUT2D eigenvalue weighted by molar-refractivity contribution is -0.125. The molecule has 2 unspecified atom stereocenters. The molecule has 2 N–H and O–H groups in total. The van der Waals surface area contributed by atoms with Gasteiger partial charge in [-0.15, -0.1) is 0 Å². The summed E-state index contributed by atoms with van der Waals surface area (Å²) in [6, 6.07) is 0.0954. The number of amides is 2. The summed E-state index contributed by atoms with van der Waals surface area (Å²) in [7, 11) is 0. The molecule has 2 atom stereocenters. The van der Waals surface area contributed by atoms with E-state index in [1.54, 1.807) is 0 Å². The van der Waals surface area contributed by atoms with Crippen molar-refractivity contribution in [1.82, 2.24) is 10.6 Å². The Balaban J connectivity index is 1.88. The first kappa shape index (κ1) is 10.6. The highest BCUT2D eigenvalue weighted by molar-refractivity contribution is 6.05. The van der Waals surface area contributed by atoms with Crippen molar-refractivity contribution in [2.24, 2.45) is 5.41 Å². The molecule has 4 nitrogen and oxygen atoms in total. The van der Waals surface area contributed by atoms with Crippen molar-refractivity contribution < 1.29 is 9.59 Å². The van der Waals surface area contributed by atoms with Gasteiger partial charge in [0.2, 0.25) is 11.8 Å². The van der Waals surface area contributed by atoms with Gasteiger partial charge in [0.05, 0.1) is 12.5 Å². The third kappa shape index (κ3) is 2.37. The lowest BCUT2D eigenvalue weighted by atomic mass is 9.92. The molecule has 0 aromatic rings. The molecule has 0 aromatic carbocycles. The first-order valence-electron chi connectivity index (χ1n) is 5.56. The Hall–Kier alpha value is -0.900. The van der Waals surface area contributed by atoms with E-state index in [1.807, 2.05) is 0 Å². The molecule has 1 aliphatic carbocycles. The van der Waals surface area contributed by atoms with Gasteiger partial charge in [0.15, 0.2) is 0 Å². The van der Waals surface area contributed by atoms with E-state index in [0.29, 0.717) is 17.9 Å². The van der Waals surface area contributed by atoms with E-state index in [-0.39, 0.29) is 17.9 Å². The highest BCUT2D eigenvalue weighted by Crippen LogP contribution is 2.37. The Kier molecular flexibility index (Phi) is 2.54. The monoisotopic (exact) mass is 210 g/mol. The number of imide groups is 1. The van der Waals surface area contributed by atoms with Gasteiger partial charge in [-0.2, -0.15) is 0 Å². The molecule has 2 amide bonds. The first-order chi connectivity index (χ1) is 6.96. The highest BCUT2D eigenvalue weighted by Gasteiger charge is 2.36. The fourth-order valence-corrected chi connectivity index (χ4v) is 2.55. The summed E-state index contributed by atoms with van der Waals surface area (Å²) in [5, 5.41) is 5.60. The largest absolute Gasteiger partial charge is 0.303 e. The van der Waals surface area contributed by atoms with Crippen LogP contribution in [0.4, 0.5) is 0 Å². The molecule has 0 radical (unpaired) electrons. The van der Waals surface area contributed by atoms with E-state index in [0.717, 1.165) is 12.8 Å². The maximum absolute atomic E-state index is 11.3. The van der Waals surface area contributed by atoms with Crippen LogP contribution in [0.3, 0.4) is 0 Å². The van der Waals surface area contributed by atoms with Crippen LogP contribution in [0.1, 0.15) is 39.5 Å². The quantitative estimate of drug-likeness (QED) is 0.655. The summed E-state index contributed by atoms with van der Waals surface area (Å²) < 4.78 is 0. The smallest absolute Gasteiger partial charge is 0.244 e. The predicted octanol–water partition coefficient (Wildman–Crippen LogP) is 0.570. The summed E-state index contributed by atoms with van der Waals surface area (Å²) in [6.45, 7) is 4.49. The molecule has 4 heteroatoms. The van der Waals surface area contributed by atoms with Gasteiger partial charge >= 0.3 is 0 Å². The topological polar surface area (TPSA) is 58.2 Å². The lowest BCUT2D eigenvalue weighted by Gasteiger charge is -2.19. The van der Waals surface area contributed by atoms with Crippen LogP contribution in [0.5, 0.6) is 0 Å². The number of rotatable bonds is 2. The van der Waals surface area contributed by atoms with Crippen LogP contribution < -0.4 is 10.6 Å². The van der Waals surface area contributed by atoms with Crippen molar-refractivity contribution >= 4 is 11.8 Å². The molecule has 0 bridgehead atoms. The molecule has 2 rings (SSSR count). The van der Waals surface area contributed by atoms with E-state index in [9.17, 15) is 9.59 Å². The Morgan fingerprint density at radius 3 is 2.60 bits per heavy atom. The van der Waals surface area contributed by atoms with Crippen molar-refractivity contribution in [2.45, 2.75) is 51.6 Å². The minimum Gasteiger partial charge on any atom is -0.303 e. The van der Waals surface area contributed by atoms with Crippen LogP contribution in [0, 0.1) is 5.41 Å². The molecule has 1 saturated carbocycles. The standard InChI is InChI=1S/C11H18N2O2/c1-11(2)4-3-7(6-11)12-8-5-9(14)13-10(8)15/h7-8,12H,3-6H2,1-2H3,(H,13,14,15). The minimum atomic E-state index is -0.295. The van der Waals surface area contributed by atoms with Crippen LogP contribution >= 0.6 is 0 Å². The van der Waals surface area contributed by atoms with Crippen molar-refractivity contribution in [3.05, 3.63) is 0 Å². The van der Waals surface area contributed by atoms with Crippen molar-refractivity contribution in [3.8, 4) is 0 Å². The maximum Gasteiger partial charge on any atom is 0.244 e. The molecule has 84 valence electrons. The van der Waals surface area contributed by atoms with E-state index < -0.39 is 0 Å². The maximum atomic E-state index is 11.3. The third-order valence-electron chi connectivity index (χ3n) is 3.37. The van der Waals surface area contributed by atoms with Crippen LogP contribution in [0.2, 0.25) is 0 Å². The van der Waals surface area contributed by atoms with Gasteiger partial charge in [0, 0.05) is 6.04 Å². The van der Waals surface area contributed by atoms with Gasteiger partial charge in [-0.1, -0.05) is 13.8 Å².